The molecule has 1 atom stereocenters. The van der Waals surface area contributed by atoms with Crippen LogP contribution in [0, 0.1) is 6.92 Å². The second-order valence-electron chi connectivity index (χ2n) is 4.94. The predicted molar refractivity (Wildman–Crippen MR) is 79.4 cm³/mol. The number of hydrogen-bond acceptors (Lipinski definition) is 6. The summed E-state index contributed by atoms with van der Waals surface area (Å²) in [4.78, 5) is 4.09. The van der Waals surface area contributed by atoms with Crippen LogP contribution < -0.4 is 10.5 Å². The zero-order chi connectivity index (χ0) is 14.8. The van der Waals surface area contributed by atoms with Crippen LogP contribution in [0.3, 0.4) is 0 Å². The summed E-state index contributed by atoms with van der Waals surface area (Å²) in [6, 6.07) is 1.65. The van der Waals surface area contributed by atoms with Crippen molar-refractivity contribution in [1.29, 1.82) is 0 Å². The zero-order valence-corrected chi connectivity index (χ0v) is 13.4. The number of ether oxygens (including phenoxy) is 1. The molecular formula is C12H21N3O3S2. The molecule has 1 aliphatic heterocycles. The molecule has 1 unspecified atom stereocenters. The maximum Gasteiger partial charge on any atom is 0.241 e. The summed E-state index contributed by atoms with van der Waals surface area (Å²) in [5.41, 5.74) is 5.55. The highest BCUT2D eigenvalue weighted by Crippen LogP contribution is 2.25. The van der Waals surface area contributed by atoms with Gasteiger partial charge in [-0.1, -0.05) is 0 Å². The van der Waals surface area contributed by atoms with E-state index in [1.807, 2.05) is 7.05 Å². The van der Waals surface area contributed by atoms with E-state index in [1.165, 1.54) is 11.3 Å². The number of likely N-dealkylation sites (N-methyl/N-ethyl adjacent to an activating group) is 1. The van der Waals surface area contributed by atoms with Gasteiger partial charge >= 0.3 is 0 Å². The van der Waals surface area contributed by atoms with Crippen LogP contribution in [0.1, 0.15) is 9.75 Å². The van der Waals surface area contributed by atoms with Gasteiger partial charge in [0, 0.05) is 35.9 Å². The zero-order valence-electron chi connectivity index (χ0n) is 11.8. The quantitative estimate of drug-likeness (QED) is 0.805. The summed E-state index contributed by atoms with van der Waals surface area (Å²) >= 11 is 1.42. The van der Waals surface area contributed by atoms with E-state index in [-0.39, 0.29) is 6.10 Å². The van der Waals surface area contributed by atoms with Gasteiger partial charge in [-0.25, -0.2) is 13.1 Å². The average molecular weight is 319 g/mol. The largest absolute Gasteiger partial charge is 0.374 e. The fourth-order valence-corrected chi connectivity index (χ4v) is 4.74. The van der Waals surface area contributed by atoms with Crippen LogP contribution in [0.4, 0.5) is 0 Å². The molecule has 8 heteroatoms. The number of morpholine rings is 1. The molecule has 0 amide bonds. The third kappa shape index (κ3) is 3.78. The van der Waals surface area contributed by atoms with Gasteiger partial charge in [0.25, 0.3) is 0 Å². The first-order chi connectivity index (χ1) is 9.42. The molecule has 3 N–H and O–H groups in total. The lowest BCUT2D eigenvalue weighted by Crippen LogP contribution is -2.45. The van der Waals surface area contributed by atoms with Gasteiger partial charge < -0.3 is 15.4 Å². The summed E-state index contributed by atoms with van der Waals surface area (Å²) in [6.45, 7) is 4.70. The van der Waals surface area contributed by atoms with Crippen molar-refractivity contribution in [3.63, 3.8) is 0 Å². The van der Waals surface area contributed by atoms with E-state index < -0.39 is 10.0 Å². The Balaban J connectivity index is 2.01. The number of nitrogens with one attached hydrogen (secondary N) is 1. The minimum absolute atomic E-state index is 0.101. The highest BCUT2D eigenvalue weighted by molar-refractivity contribution is 7.89. The SMILES string of the molecule is Cc1sc(CN)cc1S(=O)(=O)NCC1CN(C)CCO1. The minimum Gasteiger partial charge on any atom is -0.374 e. The average Bonchev–Trinajstić information content (AvgIpc) is 2.79. The summed E-state index contributed by atoms with van der Waals surface area (Å²) in [5, 5.41) is 0. The van der Waals surface area contributed by atoms with Gasteiger partial charge in [0.05, 0.1) is 17.6 Å². The number of rotatable bonds is 5. The Hall–Kier alpha value is -0.510. The molecule has 0 aliphatic carbocycles. The smallest absolute Gasteiger partial charge is 0.241 e. The van der Waals surface area contributed by atoms with E-state index in [1.54, 1.807) is 13.0 Å². The van der Waals surface area contributed by atoms with E-state index in [9.17, 15) is 8.42 Å². The predicted octanol–water partition coefficient (Wildman–Crippen LogP) is 0.124. The summed E-state index contributed by atoms with van der Waals surface area (Å²) in [5.74, 6) is 0. The van der Waals surface area contributed by atoms with Crippen molar-refractivity contribution < 1.29 is 13.2 Å². The number of aryl methyl sites for hydroxylation is 1. The monoisotopic (exact) mass is 319 g/mol. The van der Waals surface area contributed by atoms with Crippen LogP contribution in [-0.4, -0.2) is 52.7 Å². The Labute approximate surface area is 124 Å². The van der Waals surface area contributed by atoms with Crippen molar-refractivity contribution in [2.45, 2.75) is 24.5 Å². The topological polar surface area (TPSA) is 84.7 Å². The molecule has 2 heterocycles. The molecular weight excluding hydrogens is 298 g/mol. The molecule has 0 aromatic carbocycles. The van der Waals surface area contributed by atoms with Crippen molar-refractivity contribution >= 4 is 21.4 Å². The van der Waals surface area contributed by atoms with Gasteiger partial charge in [-0.3, -0.25) is 0 Å². The van der Waals surface area contributed by atoms with Crippen molar-refractivity contribution in [3.05, 3.63) is 15.8 Å². The van der Waals surface area contributed by atoms with E-state index in [2.05, 4.69) is 9.62 Å². The van der Waals surface area contributed by atoms with Gasteiger partial charge in [-0.15, -0.1) is 11.3 Å². The maximum atomic E-state index is 12.3. The third-order valence-electron chi connectivity index (χ3n) is 3.26. The lowest BCUT2D eigenvalue weighted by atomic mass is 10.3. The van der Waals surface area contributed by atoms with E-state index >= 15 is 0 Å². The van der Waals surface area contributed by atoms with Crippen molar-refractivity contribution in [2.75, 3.05) is 33.3 Å². The Bertz CT molecular complexity index is 556. The fraction of sp³-hybridized carbons (Fsp3) is 0.667. The normalized spacial score (nSPS) is 21.2. The highest BCUT2D eigenvalue weighted by atomic mass is 32.2. The summed E-state index contributed by atoms with van der Waals surface area (Å²) in [6.07, 6.45) is -0.101. The van der Waals surface area contributed by atoms with Crippen LogP contribution in [0.5, 0.6) is 0 Å². The molecule has 20 heavy (non-hydrogen) atoms. The molecule has 1 fully saturated rings. The van der Waals surface area contributed by atoms with Gasteiger partial charge in [0.15, 0.2) is 0 Å². The summed E-state index contributed by atoms with van der Waals surface area (Å²) < 4.78 is 32.8. The molecule has 0 saturated carbocycles. The lowest BCUT2D eigenvalue weighted by Gasteiger charge is -2.30. The second-order valence-corrected chi connectivity index (χ2v) is 8.02. The van der Waals surface area contributed by atoms with Crippen LogP contribution in [0.2, 0.25) is 0 Å². The van der Waals surface area contributed by atoms with Crippen LogP contribution >= 0.6 is 11.3 Å². The summed E-state index contributed by atoms with van der Waals surface area (Å²) in [7, 11) is -1.49. The number of nitrogens with zero attached hydrogens (tertiary/aromatic N) is 1. The third-order valence-corrected chi connectivity index (χ3v) is 6.01. The minimum atomic E-state index is -3.49. The van der Waals surface area contributed by atoms with Crippen LogP contribution in [0.15, 0.2) is 11.0 Å². The van der Waals surface area contributed by atoms with Gasteiger partial charge in [-0.05, 0) is 20.0 Å². The van der Waals surface area contributed by atoms with Crippen LogP contribution in [-0.2, 0) is 21.3 Å². The van der Waals surface area contributed by atoms with Crippen molar-refractivity contribution in [3.8, 4) is 0 Å². The highest BCUT2D eigenvalue weighted by Gasteiger charge is 2.23. The number of sulfonamides is 1. The van der Waals surface area contributed by atoms with Gasteiger partial charge in [-0.2, -0.15) is 0 Å². The fourth-order valence-electron chi connectivity index (χ4n) is 2.16. The molecule has 1 aliphatic rings. The first-order valence-corrected chi connectivity index (χ1v) is 8.81. The van der Waals surface area contributed by atoms with E-state index in [0.717, 1.165) is 22.8 Å². The van der Waals surface area contributed by atoms with Crippen molar-refractivity contribution in [2.24, 2.45) is 5.73 Å². The molecule has 1 aromatic heterocycles. The molecule has 114 valence electrons. The molecule has 0 spiro atoms. The Morgan fingerprint density at radius 3 is 2.95 bits per heavy atom. The van der Waals surface area contributed by atoms with Crippen LogP contribution in [0.25, 0.3) is 0 Å². The van der Waals surface area contributed by atoms with E-state index in [0.29, 0.717) is 24.6 Å². The molecule has 1 aromatic rings. The van der Waals surface area contributed by atoms with Gasteiger partial charge in [0.2, 0.25) is 10.0 Å². The maximum absolute atomic E-state index is 12.3. The number of hydrogen-bond donors (Lipinski definition) is 2. The number of nitrogens with two attached hydrogens (primary N) is 1. The first-order valence-electron chi connectivity index (χ1n) is 6.51. The molecule has 2 rings (SSSR count). The standard InChI is InChI=1S/C12H21N3O3S2/c1-9-12(5-11(6-13)19-9)20(16,17)14-7-10-8-15(2)3-4-18-10/h5,10,14H,3-4,6-8,13H2,1-2H3. The Morgan fingerprint density at radius 2 is 2.35 bits per heavy atom. The van der Waals surface area contributed by atoms with E-state index in [4.69, 9.17) is 10.5 Å². The molecule has 0 radical (unpaired) electrons. The first kappa shape index (κ1) is 15.9. The van der Waals surface area contributed by atoms with Crippen molar-refractivity contribution in [1.82, 2.24) is 9.62 Å². The Morgan fingerprint density at radius 1 is 1.60 bits per heavy atom. The van der Waals surface area contributed by atoms with Gasteiger partial charge in [0.1, 0.15) is 0 Å². The molecule has 1 saturated heterocycles. The second kappa shape index (κ2) is 6.50. The Kier molecular flexibility index (Phi) is 5.16. The molecule has 0 bridgehead atoms. The lowest BCUT2D eigenvalue weighted by molar-refractivity contribution is -0.0156. The number of thiophene rings is 1. The molecule has 6 nitrogen and oxygen atoms in total.